The molecule has 2 aromatic carbocycles. The van der Waals surface area contributed by atoms with E-state index >= 15 is 0 Å². The van der Waals surface area contributed by atoms with Crippen LogP contribution in [-0.4, -0.2) is 23.1 Å². The molecule has 0 fully saturated rings. The maximum Gasteiger partial charge on any atom is 0.235 e. The number of hydrogen-bond donors (Lipinski definition) is 0. The summed E-state index contributed by atoms with van der Waals surface area (Å²) in [5, 5.41) is -0.0777. The van der Waals surface area contributed by atoms with Gasteiger partial charge in [-0.2, -0.15) is 0 Å². The molecular formula is C17H19NOS. The third kappa shape index (κ3) is 4.14. The normalized spacial score (nSPS) is 11.9. The first-order chi connectivity index (χ1) is 9.66. The number of rotatable bonds is 5. The van der Waals surface area contributed by atoms with Crippen LogP contribution in [0.3, 0.4) is 0 Å². The van der Waals surface area contributed by atoms with Gasteiger partial charge < -0.3 is 4.90 Å². The standard InChI is InChI=1S/C17H19NOS/c1-14(20-16-11-7-4-8-12-16)17(19)18(2)13-15-9-5-3-6-10-15/h3-12,14H,13H2,1-2H3/t14-/m0/s1. The highest BCUT2D eigenvalue weighted by molar-refractivity contribution is 8.00. The molecule has 0 saturated carbocycles. The molecule has 3 heteroatoms. The van der Waals surface area contributed by atoms with Crippen LogP contribution >= 0.6 is 11.8 Å². The van der Waals surface area contributed by atoms with E-state index in [0.717, 1.165) is 10.5 Å². The van der Waals surface area contributed by atoms with Crippen LogP contribution in [0.15, 0.2) is 65.6 Å². The third-order valence-corrected chi connectivity index (χ3v) is 4.14. The molecule has 0 aliphatic rings. The number of benzene rings is 2. The second-order valence-corrected chi connectivity index (χ2v) is 6.17. The largest absolute Gasteiger partial charge is 0.340 e. The van der Waals surface area contributed by atoms with Gasteiger partial charge in [-0.1, -0.05) is 48.5 Å². The molecule has 0 heterocycles. The average Bonchev–Trinajstić information content (AvgIpc) is 2.48. The summed E-state index contributed by atoms with van der Waals surface area (Å²) < 4.78 is 0. The molecule has 104 valence electrons. The Balaban J connectivity index is 1.93. The van der Waals surface area contributed by atoms with Gasteiger partial charge in [-0.25, -0.2) is 0 Å². The van der Waals surface area contributed by atoms with Gasteiger partial charge in [0.05, 0.1) is 5.25 Å². The van der Waals surface area contributed by atoms with Crippen molar-refractivity contribution in [3.8, 4) is 0 Å². The molecule has 2 nitrogen and oxygen atoms in total. The Labute approximate surface area is 124 Å². The molecule has 1 atom stereocenters. The average molecular weight is 285 g/mol. The summed E-state index contributed by atoms with van der Waals surface area (Å²) in [5.74, 6) is 0.155. The number of thioether (sulfide) groups is 1. The number of hydrogen-bond acceptors (Lipinski definition) is 2. The van der Waals surface area contributed by atoms with Crippen molar-refractivity contribution in [2.24, 2.45) is 0 Å². The molecule has 20 heavy (non-hydrogen) atoms. The molecule has 2 rings (SSSR count). The summed E-state index contributed by atoms with van der Waals surface area (Å²) in [6.07, 6.45) is 0. The van der Waals surface area contributed by atoms with E-state index in [1.807, 2.05) is 74.6 Å². The van der Waals surface area contributed by atoms with Gasteiger partial charge in [0.25, 0.3) is 0 Å². The summed E-state index contributed by atoms with van der Waals surface area (Å²) in [4.78, 5) is 15.3. The second kappa shape index (κ2) is 7.15. The monoisotopic (exact) mass is 285 g/mol. The van der Waals surface area contributed by atoms with Gasteiger partial charge in [0.2, 0.25) is 5.91 Å². The van der Waals surface area contributed by atoms with E-state index in [4.69, 9.17) is 0 Å². The zero-order valence-corrected chi connectivity index (χ0v) is 12.6. The van der Waals surface area contributed by atoms with E-state index in [9.17, 15) is 4.79 Å². The number of carbonyl (C=O) groups excluding carboxylic acids is 1. The van der Waals surface area contributed by atoms with Crippen LogP contribution in [0.5, 0.6) is 0 Å². The Kier molecular flexibility index (Phi) is 5.24. The van der Waals surface area contributed by atoms with Crippen molar-refractivity contribution in [2.75, 3.05) is 7.05 Å². The minimum Gasteiger partial charge on any atom is -0.340 e. The molecule has 0 N–H and O–H groups in total. The SMILES string of the molecule is C[C@H](Sc1ccccc1)C(=O)N(C)Cc1ccccc1. The lowest BCUT2D eigenvalue weighted by Gasteiger charge is -2.21. The van der Waals surface area contributed by atoms with Gasteiger partial charge in [0.15, 0.2) is 0 Å². The molecular weight excluding hydrogens is 266 g/mol. The number of carbonyl (C=O) groups is 1. The first-order valence-corrected chi connectivity index (χ1v) is 7.55. The van der Waals surface area contributed by atoms with Gasteiger partial charge in [0, 0.05) is 18.5 Å². The Bertz CT molecular complexity index is 492. The van der Waals surface area contributed by atoms with Gasteiger partial charge in [-0.05, 0) is 24.6 Å². The summed E-state index contributed by atoms with van der Waals surface area (Å²) in [7, 11) is 1.86. The highest BCUT2D eigenvalue weighted by atomic mass is 32.2. The summed E-state index contributed by atoms with van der Waals surface area (Å²) in [6, 6.07) is 20.1. The van der Waals surface area contributed by atoms with Crippen LogP contribution in [0.25, 0.3) is 0 Å². The molecule has 0 bridgehead atoms. The van der Waals surface area contributed by atoms with Crippen molar-refractivity contribution in [2.45, 2.75) is 23.6 Å². The maximum absolute atomic E-state index is 12.4. The van der Waals surface area contributed by atoms with Crippen LogP contribution in [0.2, 0.25) is 0 Å². The van der Waals surface area contributed by atoms with Gasteiger partial charge in [-0.15, -0.1) is 11.8 Å². The molecule has 0 aliphatic carbocycles. The fourth-order valence-corrected chi connectivity index (χ4v) is 3.00. The maximum atomic E-state index is 12.4. The van der Waals surface area contributed by atoms with Crippen LogP contribution in [0.1, 0.15) is 12.5 Å². The summed E-state index contributed by atoms with van der Waals surface area (Å²) >= 11 is 1.60. The van der Waals surface area contributed by atoms with Crippen LogP contribution in [0, 0.1) is 0 Å². The first-order valence-electron chi connectivity index (χ1n) is 6.67. The second-order valence-electron chi connectivity index (χ2n) is 4.75. The van der Waals surface area contributed by atoms with Crippen molar-refractivity contribution >= 4 is 17.7 Å². The fourth-order valence-electron chi connectivity index (χ4n) is 2.00. The Morgan fingerprint density at radius 3 is 2.20 bits per heavy atom. The van der Waals surface area contributed by atoms with Gasteiger partial charge >= 0.3 is 0 Å². The van der Waals surface area contributed by atoms with E-state index in [2.05, 4.69) is 0 Å². The number of amides is 1. The Hall–Kier alpha value is -1.74. The highest BCUT2D eigenvalue weighted by Gasteiger charge is 2.18. The predicted molar refractivity (Wildman–Crippen MR) is 84.7 cm³/mol. The first kappa shape index (κ1) is 14.7. The third-order valence-electron chi connectivity index (χ3n) is 3.04. The van der Waals surface area contributed by atoms with E-state index in [-0.39, 0.29) is 11.2 Å². The van der Waals surface area contributed by atoms with Gasteiger partial charge in [0.1, 0.15) is 0 Å². The molecule has 0 radical (unpaired) electrons. The van der Waals surface area contributed by atoms with Crippen LogP contribution < -0.4 is 0 Å². The van der Waals surface area contributed by atoms with Gasteiger partial charge in [-0.3, -0.25) is 4.79 Å². The van der Waals surface area contributed by atoms with Crippen molar-refractivity contribution in [1.29, 1.82) is 0 Å². The molecule has 0 spiro atoms. The predicted octanol–water partition coefficient (Wildman–Crippen LogP) is 3.83. The molecule has 0 aliphatic heterocycles. The van der Waals surface area contributed by atoms with Crippen molar-refractivity contribution in [1.82, 2.24) is 4.90 Å². The minimum atomic E-state index is -0.0777. The zero-order valence-electron chi connectivity index (χ0n) is 11.8. The lowest BCUT2D eigenvalue weighted by Crippen LogP contribution is -2.32. The fraction of sp³-hybridized carbons (Fsp3) is 0.235. The highest BCUT2D eigenvalue weighted by Crippen LogP contribution is 2.24. The zero-order chi connectivity index (χ0) is 14.4. The lowest BCUT2D eigenvalue weighted by molar-refractivity contribution is -0.129. The minimum absolute atomic E-state index is 0.0777. The molecule has 0 saturated heterocycles. The van der Waals surface area contributed by atoms with E-state index < -0.39 is 0 Å². The molecule has 2 aromatic rings. The van der Waals surface area contributed by atoms with E-state index in [0.29, 0.717) is 6.54 Å². The van der Waals surface area contributed by atoms with Crippen molar-refractivity contribution < 1.29 is 4.79 Å². The lowest BCUT2D eigenvalue weighted by atomic mass is 10.2. The smallest absolute Gasteiger partial charge is 0.235 e. The Morgan fingerprint density at radius 2 is 1.60 bits per heavy atom. The van der Waals surface area contributed by atoms with E-state index in [1.54, 1.807) is 16.7 Å². The molecule has 1 amide bonds. The molecule has 0 aromatic heterocycles. The van der Waals surface area contributed by atoms with Crippen LogP contribution in [-0.2, 0) is 11.3 Å². The molecule has 0 unspecified atom stereocenters. The Morgan fingerprint density at radius 1 is 1.05 bits per heavy atom. The topological polar surface area (TPSA) is 20.3 Å². The summed E-state index contributed by atoms with van der Waals surface area (Å²) in [5.41, 5.74) is 1.15. The number of nitrogens with zero attached hydrogens (tertiary/aromatic N) is 1. The summed E-state index contributed by atoms with van der Waals surface area (Å²) in [6.45, 7) is 2.61. The van der Waals surface area contributed by atoms with E-state index in [1.165, 1.54) is 0 Å². The van der Waals surface area contributed by atoms with Crippen molar-refractivity contribution in [3.05, 3.63) is 66.2 Å². The van der Waals surface area contributed by atoms with Crippen molar-refractivity contribution in [3.63, 3.8) is 0 Å². The van der Waals surface area contributed by atoms with Crippen LogP contribution in [0.4, 0.5) is 0 Å². The quantitative estimate of drug-likeness (QED) is 0.778.